The highest BCUT2D eigenvalue weighted by Gasteiger charge is 2.22. The SMILES string of the molecule is COP(NC(C)C(=O)OC(C)C)Oc1ccccc1. The average molecular weight is 285 g/mol. The van der Waals surface area contributed by atoms with Crippen molar-refractivity contribution in [1.82, 2.24) is 5.09 Å². The number of esters is 1. The highest BCUT2D eigenvalue weighted by atomic mass is 31.2. The van der Waals surface area contributed by atoms with Crippen molar-refractivity contribution in [2.45, 2.75) is 32.9 Å². The molecule has 0 aromatic heterocycles. The van der Waals surface area contributed by atoms with E-state index >= 15 is 0 Å². The molecule has 0 aliphatic heterocycles. The first-order chi connectivity index (χ1) is 9.02. The van der Waals surface area contributed by atoms with E-state index in [9.17, 15) is 4.79 Å². The molecule has 0 heterocycles. The highest BCUT2D eigenvalue weighted by molar-refractivity contribution is 7.45. The Labute approximate surface area is 115 Å². The zero-order valence-electron chi connectivity index (χ0n) is 11.6. The third kappa shape index (κ3) is 6.01. The van der Waals surface area contributed by atoms with Crippen LogP contribution in [0, 0.1) is 0 Å². The Morgan fingerprint density at radius 2 is 1.84 bits per heavy atom. The molecule has 0 saturated carbocycles. The summed E-state index contributed by atoms with van der Waals surface area (Å²) in [5.74, 6) is 0.364. The molecule has 0 bridgehead atoms. The second kappa shape index (κ2) is 8.10. The lowest BCUT2D eigenvalue weighted by Gasteiger charge is -2.20. The smallest absolute Gasteiger partial charge is 0.323 e. The Hall–Kier alpha value is -1.16. The van der Waals surface area contributed by atoms with E-state index in [2.05, 4.69) is 5.09 Å². The van der Waals surface area contributed by atoms with Gasteiger partial charge in [0.15, 0.2) is 0 Å². The van der Waals surface area contributed by atoms with E-state index in [1.165, 1.54) is 7.11 Å². The van der Waals surface area contributed by atoms with Crippen LogP contribution in [0.2, 0.25) is 0 Å². The van der Waals surface area contributed by atoms with Crippen molar-refractivity contribution < 1.29 is 18.6 Å². The molecule has 1 aromatic carbocycles. The number of benzene rings is 1. The summed E-state index contributed by atoms with van der Waals surface area (Å²) in [6.45, 7) is 5.34. The molecular formula is C13H20NO4P. The van der Waals surface area contributed by atoms with Gasteiger partial charge < -0.3 is 13.8 Å². The summed E-state index contributed by atoms with van der Waals surface area (Å²) >= 11 is 0. The predicted octanol–water partition coefficient (Wildman–Crippen LogP) is 2.87. The van der Waals surface area contributed by atoms with E-state index < -0.39 is 14.6 Å². The topological polar surface area (TPSA) is 56.8 Å². The Morgan fingerprint density at radius 3 is 2.37 bits per heavy atom. The summed E-state index contributed by atoms with van der Waals surface area (Å²) in [4.78, 5) is 11.7. The van der Waals surface area contributed by atoms with Crippen LogP contribution in [0.4, 0.5) is 0 Å². The zero-order valence-corrected chi connectivity index (χ0v) is 12.5. The molecule has 1 aromatic rings. The summed E-state index contributed by atoms with van der Waals surface area (Å²) < 4.78 is 15.9. The maximum absolute atomic E-state index is 11.7. The summed E-state index contributed by atoms with van der Waals surface area (Å²) in [6.07, 6.45) is -0.138. The highest BCUT2D eigenvalue weighted by Crippen LogP contribution is 2.34. The van der Waals surface area contributed by atoms with Crippen LogP contribution in [-0.4, -0.2) is 25.2 Å². The Kier molecular flexibility index (Phi) is 6.78. The van der Waals surface area contributed by atoms with Crippen LogP contribution in [-0.2, 0) is 14.1 Å². The van der Waals surface area contributed by atoms with Crippen molar-refractivity contribution in [3.8, 4) is 5.75 Å². The summed E-state index contributed by atoms with van der Waals surface area (Å²) in [7, 11) is 0.147. The molecule has 1 rings (SSSR count). The molecule has 0 aliphatic rings. The number of carbonyl (C=O) groups is 1. The first kappa shape index (κ1) is 15.9. The van der Waals surface area contributed by atoms with Gasteiger partial charge in [0.25, 0.3) is 0 Å². The van der Waals surface area contributed by atoms with Crippen molar-refractivity contribution in [1.29, 1.82) is 0 Å². The summed E-state index contributed by atoms with van der Waals surface area (Å²) in [6, 6.07) is 8.81. The molecule has 19 heavy (non-hydrogen) atoms. The predicted molar refractivity (Wildman–Crippen MR) is 74.8 cm³/mol. The van der Waals surface area contributed by atoms with Crippen molar-refractivity contribution in [2.75, 3.05) is 7.11 Å². The number of para-hydroxylation sites is 1. The normalized spacial score (nSPS) is 13.9. The molecular weight excluding hydrogens is 265 g/mol. The van der Waals surface area contributed by atoms with Crippen LogP contribution >= 0.6 is 8.53 Å². The minimum atomic E-state index is -1.38. The van der Waals surface area contributed by atoms with Gasteiger partial charge in [-0.25, -0.2) is 5.09 Å². The van der Waals surface area contributed by atoms with Crippen LogP contribution in [0.1, 0.15) is 20.8 Å². The van der Waals surface area contributed by atoms with E-state index in [4.69, 9.17) is 13.8 Å². The van der Waals surface area contributed by atoms with Crippen LogP contribution in [0.5, 0.6) is 5.75 Å². The average Bonchev–Trinajstić information content (AvgIpc) is 2.38. The Morgan fingerprint density at radius 1 is 1.21 bits per heavy atom. The van der Waals surface area contributed by atoms with E-state index in [0.29, 0.717) is 5.75 Å². The third-order valence-corrected chi connectivity index (χ3v) is 3.41. The fourth-order valence-electron chi connectivity index (χ4n) is 1.24. The van der Waals surface area contributed by atoms with Crippen LogP contribution < -0.4 is 9.61 Å². The Balaban J connectivity index is 2.50. The lowest BCUT2D eigenvalue weighted by molar-refractivity contribution is -0.149. The molecule has 0 amide bonds. The van der Waals surface area contributed by atoms with Gasteiger partial charge in [-0.3, -0.25) is 4.79 Å². The van der Waals surface area contributed by atoms with Crippen molar-refractivity contribution in [3.05, 3.63) is 30.3 Å². The molecule has 0 spiro atoms. The zero-order chi connectivity index (χ0) is 14.3. The number of carbonyl (C=O) groups excluding carboxylic acids is 1. The van der Waals surface area contributed by atoms with Crippen LogP contribution in [0.3, 0.4) is 0 Å². The van der Waals surface area contributed by atoms with Gasteiger partial charge in [0, 0.05) is 7.11 Å². The first-order valence-corrected chi connectivity index (χ1v) is 7.24. The van der Waals surface area contributed by atoms with E-state index in [1.807, 2.05) is 44.2 Å². The molecule has 0 saturated heterocycles. The number of hydrogen-bond donors (Lipinski definition) is 1. The summed E-state index contributed by atoms with van der Waals surface area (Å²) in [5, 5.41) is 2.97. The van der Waals surface area contributed by atoms with Gasteiger partial charge in [0.05, 0.1) is 6.10 Å². The lowest BCUT2D eigenvalue weighted by Crippen LogP contribution is -2.34. The molecule has 0 radical (unpaired) electrons. The molecule has 1 N–H and O–H groups in total. The fourth-order valence-corrected chi connectivity index (χ4v) is 2.21. The molecule has 2 unspecified atom stereocenters. The van der Waals surface area contributed by atoms with E-state index in [-0.39, 0.29) is 12.1 Å². The molecule has 2 atom stereocenters. The molecule has 0 fully saturated rings. The van der Waals surface area contributed by atoms with Crippen molar-refractivity contribution in [2.24, 2.45) is 0 Å². The van der Waals surface area contributed by atoms with Gasteiger partial charge >= 0.3 is 14.5 Å². The van der Waals surface area contributed by atoms with Gasteiger partial charge in [-0.15, -0.1) is 0 Å². The van der Waals surface area contributed by atoms with Crippen molar-refractivity contribution >= 4 is 14.5 Å². The molecule has 0 aliphatic carbocycles. The van der Waals surface area contributed by atoms with Crippen LogP contribution in [0.25, 0.3) is 0 Å². The summed E-state index contributed by atoms with van der Waals surface area (Å²) in [5.41, 5.74) is 0. The largest absolute Gasteiger partial charge is 0.462 e. The lowest BCUT2D eigenvalue weighted by atomic mass is 10.3. The molecule has 5 nitrogen and oxygen atoms in total. The quantitative estimate of drug-likeness (QED) is 0.616. The second-order valence-corrected chi connectivity index (χ2v) is 5.50. The van der Waals surface area contributed by atoms with Gasteiger partial charge in [-0.2, -0.15) is 0 Å². The Bertz CT molecular complexity index is 385. The maximum atomic E-state index is 11.7. The van der Waals surface area contributed by atoms with E-state index in [0.717, 1.165) is 0 Å². The van der Waals surface area contributed by atoms with Gasteiger partial charge in [-0.05, 0) is 32.9 Å². The second-order valence-electron chi connectivity index (χ2n) is 4.18. The monoisotopic (exact) mass is 285 g/mol. The molecule has 106 valence electrons. The van der Waals surface area contributed by atoms with Gasteiger partial charge in [0.1, 0.15) is 11.8 Å². The van der Waals surface area contributed by atoms with Gasteiger partial charge in [-0.1, -0.05) is 18.2 Å². The van der Waals surface area contributed by atoms with Crippen molar-refractivity contribution in [3.63, 3.8) is 0 Å². The third-order valence-electron chi connectivity index (χ3n) is 2.10. The molecule has 6 heteroatoms. The number of rotatable bonds is 7. The first-order valence-electron chi connectivity index (χ1n) is 6.07. The minimum absolute atomic E-state index is 0.138. The number of hydrogen-bond acceptors (Lipinski definition) is 5. The van der Waals surface area contributed by atoms with Gasteiger partial charge in [0.2, 0.25) is 0 Å². The number of nitrogens with one attached hydrogen (secondary N) is 1. The van der Waals surface area contributed by atoms with E-state index in [1.54, 1.807) is 6.92 Å². The minimum Gasteiger partial charge on any atom is -0.462 e. The van der Waals surface area contributed by atoms with Crippen LogP contribution in [0.15, 0.2) is 30.3 Å². The fraction of sp³-hybridized carbons (Fsp3) is 0.462. The maximum Gasteiger partial charge on any atom is 0.323 e. The standard InChI is InChI=1S/C13H20NO4P/c1-10(2)17-13(15)11(3)14-19(16-4)18-12-8-6-5-7-9-12/h5-11,14H,1-4H3. The number of ether oxygens (including phenoxy) is 1.